The molecule has 2 aromatic rings. The zero-order chi connectivity index (χ0) is 22.1. The molecule has 5 rings (SSSR count). The van der Waals surface area contributed by atoms with Gasteiger partial charge in [0, 0.05) is 23.8 Å². The Kier molecular flexibility index (Phi) is 6.26. The molecular weight excluding hydrogens is 408 g/mol. The van der Waals surface area contributed by atoms with E-state index < -0.39 is 5.97 Å². The maximum Gasteiger partial charge on any atom is 0.303 e. The monoisotopic (exact) mass is 440 g/mol. The largest absolute Gasteiger partial charge is 0.481 e. The molecule has 0 amide bonds. The van der Waals surface area contributed by atoms with Crippen LogP contribution in [0, 0.1) is 10.8 Å². The topological polar surface area (TPSA) is 78.4 Å². The lowest BCUT2D eigenvalue weighted by Gasteiger charge is -2.57. The first-order chi connectivity index (χ1) is 14.9. The Labute approximate surface area is 188 Å². The lowest BCUT2D eigenvalue weighted by atomic mass is 9.49. The minimum Gasteiger partial charge on any atom is -0.481 e. The number of anilines is 2. The summed E-state index contributed by atoms with van der Waals surface area (Å²) in [5.74, 6) is 0.170. The number of carbonyl (C=O) groups is 1. The number of hydrogen-bond acceptors (Lipinski definition) is 6. The molecule has 0 radical (unpaired) electrons. The third-order valence-corrected chi connectivity index (χ3v) is 7.74. The van der Waals surface area contributed by atoms with Crippen molar-refractivity contribution in [1.29, 1.82) is 0 Å². The van der Waals surface area contributed by atoms with Crippen LogP contribution in [-0.2, 0) is 11.3 Å². The Bertz CT molecular complexity index is 948. The average molecular weight is 441 g/mol. The summed E-state index contributed by atoms with van der Waals surface area (Å²) in [4.78, 5) is 23.6. The summed E-state index contributed by atoms with van der Waals surface area (Å²) in [6.45, 7) is 9.28. The number of hydrogen-bond donors (Lipinski definition) is 2. The van der Waals surface area contributed by atoms with Crippen LogP contribution >= 0.6 is 11.8 Å². The highest BCUT2D eigenvalue weighted by atomic mass is 32.2. The third kappa shape index (κ3) is 4.72. The van der Waals surface area contributed by atoms with Crippen molar-refractivity contribution in [2.24, 2.45) is 10.8 Å². The molecule has 1 aromatic carbocycles. The molecule has 2 N–H and O–H groups in total. The molecule has 1 aromatic heterocycles. The molecule has 0 bridgehead atoms. The third-order valence-electron chi connectivity index (χ3n) is 6.67. The van der Waals surface area contributed by atoms with Crippen LogP contribution in [0.1, 0.15) is 58.4 Å². The van der Waals surface area contributed by atoms with Gasteiger partial charge in [-0.15, -0.1) is 0 Å². The van der Waals surface area contributed by atoms with Gasteiger partial charge in [-0.05, 0) is 67.3 Å². The van der Waals surface area contributed by atoms with Crippen molar-refractivity contribution in [1.82, 2.24) is 14.9 Å². The van der Waals surface area contributed by atoms with E-state index in [1.54, 1.807) is 24.2 Å². The first-order valence-corrected chi connectivity index (χ1v) is 12.1. The molecule has 7 heteroatoms. The van der Waals surface area contributed by atoms with Crippen molar-refractivity contribution in [3.8, 4) is 0 Å². The summed E-state index contributed by atoms with van der Waals surface area (Å²) in [5, 5.41) is 13.5. The van der Waals surface area contributed by atoms with Crippen LogP contribution in [0.25, 0.3) is 0 Å². The Morgan fingerprint density at radius 2 is 1.90 bits per heavy atom. The van der Waals surface area contributed by atoms with E-state index in [1.165, 1.54) is 23.3 Å². The molecule has 1 saturated heterocycles. The Hall–Kier alpha value is -2.12. The Balaban J connectivity index is 0.00000112. The number of benzene rings is 1. The van der Waals surface area contributed by atoms with Gasteiger partial charge in [-0.3, -0.25) is 9.69 Å². The predicted octanol–water partition coefficient (Wildman–Crippen LogP) is 5.57. The minimum atomic E-state index is -0.660. The van der Waals surface area contributed by atoms with Crippen LogP contribution < -0.4 is 5.32 Å². The number of aromatic nitrogens is 2. The quantitative estimate of drug-likeness (QED) is 0.549. The van der Waals surface area contributed by atoms with Gasteiger partial charge in [-0.1, -0.05) is 38.6 Å². The summed E-state index contributed by atoms with van der Waals surface area (Å²) >= 11 is 1.66. The second-order valence-electron chi connectivity index (χ2n) is 9.28. The Morgan fingerprint density at radius 1 is 1.19 bits per heavy atom. The molecule has 3 heterocycles. The number of piperidine rings is 1. The van der Waals surface area contributed by atoms with Gasteiger partial charge in [0.15, 0.2) is 5.82 Å². The van der Waals surface area contributed by atoms with Crippen molar-refractivity contribution in [3.63, 3.8) is 0 Å². The molecule has 2 fully saturated rings. The van der Waals surface area contributed by atoms with Crippen LogP contribution in [0.15, 0.2) is 40.5 Å². The number of carboxylic acid groups (broad SMARTS) is 1. The summed E-state index contributed by atoms with van der Waals surface area (Å²) in [6.07, 6.45) is 8.26. The van der Waals surface area contributed by atoms with E-state index in [4.69, 9.17) is 5.11 Å². The number of nitrogens with one attached hydrogen (secondary N) is 1. The van der Waals surface area contributed by atoms with E-state index in [2.05, 4.69) is 45.3 Å². The van der Waals surface area contributed by atoms with E-state index in [9.17, 15) is 4.79 Å². The van der Waals surface area contributed by atoms with Crippen LogP contribution in [0.3, 0.4) is 0 Å². The summed E-state index contributed by atoms with van der Waals surface area (Å²) in [6, 6.07) is 6.62. The number of aliphatic carboxylic acids is 1. The van der Waals surface area contributed by atoms with E-state index >= 15 is 0 Å². The first kappa shape index (κ1) is 22.1. The first-order valence-electron chi connectivity index (χ1n) is 11.3. The van der Waals surface area contributed by atoms with Gasteiger partial charge >= 0.3 is 5.97 Å². The normalized spacial score (nSPS) is 20.4. The number of nitrogens with zero attached hydrogens (tertiary/aromatic N) is 3. The number of rotatable bonds is 4. The van der Waals surface area contributed by atoms with Gasteiger partial charge in [0.25, 0.3) is 0 Å². The summed E-state index contributed by atoms with van der Waals surface area (Å²) in [5.41, 5.74) is 2.81. The lowest BCUT2D eigenvalue weighted by Crippen LogP contribution is -2.51. The fraction of sp³-hybridized carbons (Fsp3) is 0.542. The zero-order valence-electron chi connectivity index (χ0n) is 18.6. The smallest absolute Gasteiger partial charge is 0.303 e. The molecule has 1 saturated carbocycles. The second-order valence-corrected chi connectivity index (χ2v) is 10.3. The highest BCUT2D eigenvalue weighted by molar-refractivity contribution is 7.99. The minimum absolute atomic E-state index is 0.00895. The second kappa shape index (κ2) is 8.79. The van der Waals surface area contributed by atoms with Crippen molar-refractivity contribution < 1.29 is 9.90 Å². The van der Waals surface area contributed by atoms with Crippen LogP contribution in [-0.4, -0.2) is 39.0 Å². The SMILES string of the molecule is CC.CC1(CC(=O)O)CC2(CCN(Cc3ccc4c(c3)Nc3nccnc3S4)CC2)C1. The van der Waals surface area contributed by atoms with E-state index in [0.29, 0.717) is 11.8 Å². The van der Waals surface area contributed by atoms with Crippen molar-refractivity contribution in [2.45, 2.75) is 69.3 Å². The van der Waals surface area contributed by atoms with Crippen molar-refractivity contribution in [2.75, 3.05) is 18.4 Å². The van der Waals surface area contributed by atoms with E-state index in [1.807, 2.05) is 13.8 Å². The van der Waals surface area contributed by atoms with Gasteiger partial charge in [0.2, 0.25) is 0 Å². The molecule has 6 nitrogen and oxygen atoms in total. The molecule has 166 valence electrons. The molecular formula is C24H32N4O2S. The van der Waals surface area contributed by atoms with Gasteiger partial charge < -0.3 is 10.4 Å². The molecule has 31 heavy (non-hydrogen) atoms. The summed E-state index contributed by atoms with van der Waals surface area (Å²) < 4.78 is 0. The van der Waals surface area contributed by atoms with Crippen LogP contribution in [0.2, 0.25) is 0 Å². The number of fused-ring (bicyclic) bond motifs is 2. The highest BCUT2D eigenvalue weighted by Gasteiger charge is 2.52. The molecule has 0 unspecified atom stereocenters. The Morgan fingerprint density at radius 3 is 2.61 bits per heavy atom. The highest BCUT2D eigenvalue weighted by Crippen LogP contribution is 2.61. The molecule has 3 aliphatic rings. The number of carboxylic acids is 1. The zero-order valence-corrected chi connectivity index (χ0v) is 19.5. The van der Waals surface area contributed by atoms with Crippen LogP contribution in [0.5, 0.6) is 0 Å². The number of likely N-dealkylation sites (tertiary alicyclic amines) is 1. The standard InChI is InChI=1S/C22H26N4O2S.C2H6/c1-21(11-18(27)28)13-22(14-21)4-8-26(9-5-22)12-15-2-3-17-16(10-15)25-19-20(29-17)24-7-6-23-19;1-2/h2-3,6-7,10H,4-5,8-9,11-14H2,1H3,(H,23,25)(H,27,28);1-2H3. The molecule has 1 aliphatic carbocycles. The molecule has 0 atom stereocenters. The van der Waals surface area contributed by atoms with Gasteiger partial charge in [0.05, 0.1) is 12.1 Å². The summed E-state index contributed by atoms with van der Waals surface area (Å²) in [7, 11) is 0. The van der Waals surface area contributed by atoms with Gasteiger partial charge in [0.1, 0.15) is 5.03 Å². The molecule has 1 spiro atoms. The predicted molar refractivity (Wildman–Crippen MR) is 124 cm³/mol. The van der Waals surface area contributed by atoms with Crippen LogP contribution in [0.4, 0.5) is 11.5 Å². The fourth-order valence-electron chi connectivity index (χ4n) is 5.63. The maximum absolute atomic E-state index is 11.1. The lowest BCUT2D eigenvalue weighted by molar-refractivity contribution is -0.147. The molecule has 2 aliphatic heterocycles. The average Bonchev–Trinajstić information content (AvgIpc) is 2.74. The fourth-order valence-corrected chi connectivity index (χ4v) is 6.50. The van der Waals surface area contributed by atoms with Crippen molar-refractivity contribution in [3.05, 3.63) is 36.2 Å². The van der Waals surface area contributed by atoms with Crippen molar-refractivity contribution >= 4 is 29.2 Å². The van der Waals surface area contributed by atoms with E-state index in [0.717, 1.165) is 49.0 Å². The van der Waals surface area contributed by atoms with E-state index in [-0.39, 0.29) is 5.41 Å². The maximum atomic E-state index is 11.1. The van der Waals surface area contributed by atoms with Gasteiger partial charge in [-0.2, -0.15) is 0 Å². The van der Waals surface area contributed by atoms with Gasteiger partial charge in [-0.25, -0.2) is 9.97 Å².